The molecule has 101 heavy (non-hydrogen) atoms. The molecule has 3 aromatic heterocycles. The fourth-order valence-electron chi connectivity index (χ4n) is 20.5. The first-order valence-electron chi connectivity index (χ1n) is 36.2. The van der Waals surface area contributed by atoms with Crippen LogP contribution in [0.2, 0.25) is 0 Å². The lowest BCUT2D eigenvalue weighted by molar-refractivity contribution is -0.148. The number of esters is 3. The van der Waals surface area contributed by atoms with Crippen molar-refractivity contribution >= 4 is 56.8 Å². The molecule has 6 heterocycles. The Balaban J connectivity index is 0.000000123. The zero-order valence-corrected chi connectivity index (χ0v) is 58.2. The molecule has 18 heteroatoms. The molecule has 0 amide bonds. The van der Waals surface area contributed by atoms with E-state index in [-0.39, 0.29) is 161 Å². The van der Waals surface area contributed by atoms with Crippen LogP contribution in [-0.2, 0) is 57.2 Å². The normalized spacial score (nSPS) is 34.6. The van der Waals surface area contributed by atoms with E-state index < -0.39 is 0 Å². The molecule has 17 rings (SSSR count). The number of nitrogens with zero attached hydrogens (tertiary/aromatic N) is 3. The van der Waals surface area contributed by atoms with Crippen molar-refractivity contribution in [3.8, 4) is 0 Å². The number of rotatable bonds is 9. The van der Waals surface area contributed by atoms with Gasteiger partial charge in [-0.3, -0.25) is 43.7 Å². The van der Waals surface area contributed by atoms with Gasteiger partial charge in [-0.2, -0.15) is 0 Å². The summed E-state index contributed by atoms with van der Waals surface area (Å²) in [6.07, 6.45) is 28.7. The van der Waals surface area contributed by atoms with Crippen LogP contribution in [0, 0.1) is 51.8 Å². The number of fused-ring (bicyclic) bond motifs is 11. The number of aliphatic hydroxyl groups is 3. The molecule has 3 N–H and O–H groups in total. The molecule has 5 aromatic rings. The third kappa shape index (κ3) is 12.1. The van der Waals surface area contributed by atoms with E-state index in [0.717, 1.165) is 81.9 Å². The molecule has 5 saturated carbocycles. The molecular formula is C83H89N3O15. The Hall–Kier alpha value is -8.71. The quantitative estimate of drug-likeness (QED) is 0.0915. The second kappa shape index (κ2) is 26.9. The smallest absolute Gasteiger partial charge is 0.302 e. The van der Waals surface area contributed by atoms with Gasteiger partial charge in [0.15, 0.2) is 17.3 Å². The number of benzene rings is 2. The van der Waals surface area contributed by atoms with E-state index in [1.165, 1.54) is 37.5 Å². The topological polar surface area (TPSA) is 257 Å². The van der Waals surface area contributed by atoms with E-state index in [1.54, 1.807) is 12.4 Å². The van der Waals surface area contributed by atoms with E-state index in [4.69, 9.17) is 28.4 Å². The van der Waals surface area contributed by atoms with Crippen molar-refractivity contribution in [2.45, 2.75) is 179 Å². The molecule has 5 fully saturated rings. The molecule has 0 saturated heterocycles. The number of carbonyl (C=O) groups is 6. The number of hydrogen-bond donors (Lipinski definition) is 3. The Morgan fingerprint density at radius 1 is 0.495 bits per heavy atom. The first-order chi connectivity index (χ1) is 48.7. The third-order valence-corrected chi connectivity index (χ3v) is 25.1. The van der Waals surface area contributed by atoms with Crippen LogP contribution in [0.25, 0.3) is 21.5 Å². The van der Waals surface area contributed by atoms with E-state index in [1.807, 2.05) is 49.1 Å². The van der Waals surface area contributed by atoms with E-state index in [9.17, 15) is 44.1 Å². The molecule has 0 radical (unpaired) electrons. The average Bonchev–Trinajstić information content (AvgIpc) is 1.60. The van der Waals surface area contributed by atoms with Gasteiger partial charge in [0, 0.05) is 168 Å². The van der Waals surface area contributed by atoms with Crippen LogP contribution in [0.3, 0.4) is 0 Å². The maximum atomic E-state index is 12.7. The Kier molecular flexibility index (Phi) is 18.1. The van der Waals surface area contributed by atoms with Gasteiger partial charge in [0.05, 0.1) is 16.7 Å². The summed E-state index contributed by atoms with van der Waals surface area (Å²) in [5.74, 6) is 1.62. The fraction of sp³-hybridized carbons (Fsp3) is 0.482. The second-order valence-corrected chi connectivity index (χ2v) is 31.1. The van der Waals surface area contributed by atoms with Gasteiger partial charge in [0.2, 0.25) is 0 Å². The van der Waals surface area contributed by atoms with Crippen LogP contribution in [0.5, 0.6) is 0 Å². The molecular weight excluding hydrogens is 1280 g/mol. The summed E-state index contributed by atoms with van der Waals surface area (Å²) < 4.78 is 37.5. The van der Waals surface area contributed by atoms with Crippen LogP contribution >= 0.6 is 0 Å². The molecule has 2 aromatic carbocycles. The van der Waals surface area contributed by atoms with Gasteiger partial charge < -0.3 is 43.7 Å². The first-order valence-corrected chi connectivity index (χ1v) is 36.2. The van der Waals surface area contributed by atoms with Crippen molar-refractivity contribution < 1.29 is 72.5 Å². The SMILES string of the molecule is CC(=O)OC1C[C@H]2[C@@H]3OC4=C(C=C3C=C[C@]2(C)[C@H]1c1cccc2cnccc12)C(=O)CC(CO)C4.CC(=O)OC1C[C@H]2[C@@H]3OC4=C(C=C3CC[C@]2(C)[C@H]1c1cccc2cnccc12)C(=O)CC(CO)C4.CC(=O)OC1C[C@H]2[C@@H]3OC4=C(C=C3CC[C@]2(C)[C@H]1c1cccnc1)C(=O)CC(CO)C4. The van der Waals surface area contributed by atoms with E-state index in [2.05, 4.69) is 102 Å². The summed E-state index contributed by atoms with van der Waals surface area (Å²) >= 11 is 0. The molecule has 18 nitrogen and oxygen atoms in total. The zero-order valence-electron chi connectivity index (χ0n) is 58.2. The largest absolute Gasteiger partial charge is 0.489 e. The highest BCUT2D eigenvalue weighted by atomic mass is 16.6. The van der Waals surface area contributed by atoms with Gasteiger partial charge in [-0.1, -0.05) is 75.4 Å². The Morgan fingerprint density at radius 3 is 1.41 bits per heavy atom. The molecule has 0 bridgehead atoms. The lowest BCUT2D eigenvalue weighted by Crippen LogP contribution is -2.44. The molecule has 3 aliphatic heterocycles. The summed E-state index contributed by atoms with van der Waals surface area (Å²) in [6.45, 7) is 11.2. The standard InChI is InChI=1S/C29H31NO5.C29H29NO5.C25H29NO5/c2*1-16(32)34-26-13-23-28-18(12-22-24(33)10-17(15-31)11-25(22)35-28)6-8-29(23,2)27(26)21-5-3-4-19-14-30-9-7-20(19)21;1-14(28)30-22-11-19-24-16(10-18-20(29)8-15(13-27)9-21(18)31-24)5-6-25(19,2)23(22)17-4-3-7-26-12-17/h3-5,7,9,12,14,17,23,26-28,31H,6,8,10-11,13,15H2,1-2H3;3-9,12,14,17,23,26-28,31H,10-11,13,15H2,1-2H3;3-4,7,10,12,15,19,22-24,27H,5-6,8-9,11,13H2,1-2H3/t2*17?,23-,26?,27-,28+,29-;15?,19-,22?,23-,24+,25-/m000/s1. The van der Waals surface area contributed by atoms with Crippen molar-refractivity contribution in [3.63, 3.8) is 0 Å². The number of aliphatic hydroxyl groups excluding tert-OH is 3. The number of aromatic nitrogens is 3. The molecule has 9 aliphatic carbocycles. The van der Waals surface area contributed by atoms with Gasteiger partial charge in [0.1, 0.15) is 53.9 Å². The molecule has 18 atom stereocenters. The van der Waals surface area contributed by atoms with Crippen LogP contribution in [0.4, 0.5) is 0 Å². The van der Waals surface area contributed by atoms with E-state index in [0.29, 0.717) is 73.8 Å². The summed E-state index contributed by atoms with van der Waals surface area (Å²) in [6, 6.07) is 20.6. The highest BCUT2D eigenvalue weighted by molar-refractivity contribution is 6.01. The second-order valence-electron chi connectivity index (χ2n) is 31.1. The lowest BCUT2D eigenvalue weighted by Gasteiger charge is -2.48. The van der Waals surface area contributed by atoms with E-state index >= 15 is 0 Å². The highest BCUT2D eigenvalue weighted by Gasteiger charge is 2.63. The predicted molar refractivity (Wildman–Crippen MR) is 373 cm³/mol. The summed E-state index contributed by atoms with van der Waals surface area (Å²) in [5, 5.41) is 33.4. The molecule has 526 valence electrons. The number of ketones is 3. The maximum absolute atomic E-state index is 12.7. The van der Waals surface area contributed by atoms with Crippen molar-refractivity contribution in [1.29, 1.82) is 0 Å². The molecule has 12 aliphatic rings. The van der Waals surface area contributed by atoms with Crippen molar-refractivity contribution in [3.05, 3.63) is 196 Å². The lowest BCUT2D eigenvalue weighted by atomic mass is 9.60. The minimum atomic E-state index is -0.327. The summed E-state index contributed by atoms with van der Waals surface area (Å²) in [4.78, 5) is 87.2. The highest BCUT2D eigenvalue weighted by Crippen LogP contribution is 2.66. The minimum absolute atomic E-state index is 0.00807. The number of carbonyl (C=O) groups excluding carboxylic acids is 6. The summed E-state index contributed by atoms with van der Waals surface area (Å²) in [5.41, 5.74) is 8.20. The Labute approximate surface area is 588 Å². The number of Topliss-reactive ketones (excluding diaryl/α,β-unsaturated/α-hetero) is 3. The van der Waals surface area contributed by atoms with Crippen LogP contribution < -0.4 is 0 Å². The maximum Gasteiger partial charge on any atom is 0.302 e. The first kappa shape index (κ1) is 68.1. The van der Waals surface area contributed by atoms with Crippen molar-refractivity contribution in [1.82, 2.24) is 15.0 Å². The van der Waals surface area contributed by atoms with Gasteiger partial charge in [-0.05, 0) is 154 Å². The summed E-state index contributed by atoms with van der Waals surface area (Å²) in [7, 11) is 0. The number of pyridine rings is 3. The monoisotopic (exact) mass is 1370 g/mol. The zero-order chi connectivity index (χ0) is 70.4. The minimum Gasteiger partial charge on any atom is -0.489 e. The van der Waals surface area contributed by atoms with Gasteiger partial charge in [-0.25, -0.2) is 0 Å². The number of allylic oxidation sites excluding steroid dienone is 10. The van der Waals surface area contributed by atoms with Crippen molar-refractivity contribution in [2.75, 3.05) is 19.8 Å². The average molecular weight is 1370 g/mol. The van der Waals surface area contributed by atoms with Crippen LogP contribution in [0.15, 0.2) is 179 Å². The van der Waals surface area contributed by atoms with Crippen molar-refractivity contribution in [2.24, 2.45) is 51.8 Å². The fourth-order valence-corrected chi connectivity index (χ4v) is 20.5. The van der Waals surface area contributed by atoms with Crippen LogP contribution in [0.1, 0.15) is 159 Å². The van der Waals surface area contributed by atoms with Gasteiger partial charge in [0.25, 0.3) is 0 Å². The Bertz CT molecular complexity index is 4440. The number of ether oxygens (including phenoxy) is 6. The predicted octanol–water partition coefficient (Wildman–Crippen LogP) is 12.5. The number of hydrogen-bond acceptors (Lipinski definition) is 18. The Morgan fingerprint density at radius 2 is 0.931 bits per heavy atom. The van der Waals surface area contributed by atoms with Gasteiger partial charge >= 0.3 is 17.9 Å². The third-order valence-electron chi connectivity index (χ3n) is 25.1. The van der Waals surface area contributed by atoms with Gasteiger partial charge in [-0.15, -0.1) is 0 Å². The molecule has 0 spiro atoms. The molecule has 6 unspecified atom stereocenters. The van der Waals surface area contributed by atoms with Crippen LogP contribution in [-0.4, -0.2) is 122 Å².